The van der Waals surface area contributed by atoms with Gasteiger partial charge < -0.3 is 10.1 Å². The summed E-state index contributed by atoms with van der Waals surface area (Å²) in [5, 5.41) is 8.92. The number of nitrogens with zero attached hydrogens (tertiary/aromatic N) is 1. The number of benzene rings is 1. The van der Waals surface area contributed by atoms with E-state index < -0.39 is 0 Å². The highest BCUT2D eigenvalue weighted by atomic mass is 16.3. The molecule has 0 bridgehead atoms. The number of aromatic nitrogens is 2. The lowest BCUT2D eigenvalue weighted by Gasteiger charge is -2.04. The molecule has 0 radical (unpaired) electrons. The predicted octanol–water partition coefficient (Wildman–Crippen LogP) is 2.46. The summed E-state index contributed by atoms with van der Waals surface area (Å²) in [6, 6.07) is 6.58. The molecule has 1 aromatic carbocycles. The SMILES string of the molecule is Cc1cc(C)cc(Cc2nc(CCO)[nH]c2C)c1. The summed E-state index contributed by atoms with van der Waals surface area (Å²) in [5.74, 6) is 0.870. The Bertz CT molecular complexity index is 523. The Morgan fingerprint density at radius 1 is 1.11 bits per heavy atom. The van der Waals surface area contributed by atoms with E-state index in [0.717, 1.165) is 23.6 Å². The zero-order valence-corrected chi connectivity index (χ0v) is 11.2. The molecule has 0 atom stereocenters. The molecule has 3 nitrogen and oxygen atoms in total. The van der Waals surface area contributed by atoms with E-state index in [1.165, 1.54) is 16.7 Å². The minimum atomic E-state index is 0.135. The number of H-pyrrole nitrogens is 1. The fourth-order valence-electron chi connectivity index (χ4n) is 2.32. The number of aliphatic hydroxyl groups excluding tert-OH is 1. The van der Waals surface area contributed by atoms with E-state index in [0.29, 0.717) is 6.42 Å². The number of aromatic amines is 1. The van der Waals surface area contributed by atoms with Crippen LogP contribution in [-0.4, -0.2) is 21.7 Å². The van der Waals surface area contributed by atoms with Gasteiger partial charge in [-0.05, 0) is 26.3 Å². The first-order chi connectivity index (χ1) is 8.58. The van der Waals surface area contributed by atoms with Crippen molar-refractivity contribution in [3.8, 4) is 0 Å². The maximum atomic E-state index is 8.92. The average molecular weight is 244 g/mol. The minimum Gasteiger partial charge on any atom is -0.396 e. The first-order valence-corrected chi connectivity index (χ1v) is 6.31. The number of nitrogens with one attached hydrogen (secondary N) is 1. The predicted molar refractivity (Wildman–Crippen MR) is 72.8 cm³/mol. The van der Waals surface area contributed by atoms with Crippen LogP contribution in [0.1, 0.15) is 33.9 Å². The molecule has 0 amide bonds. The van der Waals surface area contributed by atoms with Gasteiger partial charge in [0.15, 0.2) is 0 Å². The van der Waals surface area contributed by atoms with Crippen LogP contribution in [0.15, 0.2) is 18.2 Å². The van der Waals surface area contributed by atoms with Gasteiger partial charge in [0.05, 0.1) is 12.3 Å². The largest absolute Gasteiger partial charge is 0.396 e. The molecule has 96 valence electrons. The molecular formula is C15H20N2O. The van der Waals surface area contributed by atoms with Crippen LogP contribution in [0.4, 0.5) is 0 Å². The summed E-state index contributed by atoms with van der Waals surface area (Å²) in [5.41, 5.74) is 6.03. The lowest BCUT2D eigenvalue weighted by Crippen LogP contribution is -1.94. The van der Waals surface area contributed by atoms with E-state index in [2.05, 4.69) is 42.0 Å². The summed E-state index contributed by atoms with van der Waals surface area (Å²) < 4.78 is 0. The van der Waals surface area contributed by atoms with Crippen molar-refractivity contribution in [1.29, 1.82) is 0 Å². The van der Waals surface area contributed by atoms with Crippen LogP contribution in [0.5, 0.6) is 0 Å². The maximum absolute atomic E-state index is 8.92. The van der Waals surface area contributed by atoms with Crippen LogP contribution in [-0.2, 0) is 12.8 Å². The van der Waals surface area contributed by atoms with Gasteiger partial charge >= 0.3 is 0 Å². The maximum Gasteiger partial charge on any atom is 0.108 e. The lowest BCUT2D eigenvalue weighted by atomic mass is 10.0. The van der Waals surface area contributed by atoms with Crippen molar-refractivity contribution in [2.24, 2.45) is 0 Å². The van der Waals surface area contributed by atoms with Crippen molar-refractivity contribution in [3.05, 3.63) is 52.1 Å². The molecule has 0 saturated heterocycles. The van der Waals surface area contributed by atoms with E-state index in [9.17, 15) is 0 Å². The third kappa shape index (κ3) is 2.99. The van der Waals surface area contributed by atoms with Gasteiger partial charge in [-0.3, -0.25) is 0 Å². The van der Waals surface area contributed by atoms with Gasteiger partial charge in [-0.2, -0.15) is 0 Å². The normalized spacial score (nSPS) is 10.9. The van der Waals surface area contributed by atoms with Gasteiger partial charge in [0.1, 0.15) is 5.82 Å². The summed E-state index contributed by atoms with van der Waals surface area (Å²) in [6.07, 6.45) is 1.43. The minimum absolute atomic E-state index is 0.135. The van der Waals surface area contributed by atoms with Crippen LogP contribution in [0.2, 0.25) is 0 Å². The molecule has 0 aliphatic rings. The van der Waals surface area contributed by atoms with Crippen molar-refractivity contribution in [1.82, 2.24) is 9.97 Å². The van der Waals surface area contributed by atoms with E-state index in [4.69, 9.17) is 5.11 Å². The summed E-state index contributed by atoms with van der Waals surface area (Å²) in [4.78, 5) is 7.76. The zero-order chi connectivity index (χ0) is 13.1. The van der Waals surface area contributed by atoms with Gasteiger partial charge in [-0.15, -0.1) is 0 Å². The Balaban J connectivity index is 2.22. The number of aryl methyl sites for hydroxylation is 3. The standard InChI is InChI=1S/C15H20N2O/c1-10-6-11(2)8-13(7-10)9-14-12(3)16-15(17-14)4-5-18/h6-8,18H,4-5,9H2,1-3H3,(H,16,17). The Morgan fingerprint density at radius 2 is 1.78 bits per heavy atom. The first-order valence-electron chi connectivity index (χ1n) is 6.31. The number of imidazole rings is 1. The Morgan fingerprint density at radius 3 is 2.39 bits per heavy atom. The van der Waals surface area contributed by atoms with Crippen LogP contribution < -0.4 is 0 Å². The smallest absolute Gasteiger partial charge is 0.108 e. The molecule has 2 N–H and O–H groups in total. The fraction of sp³-hybridized carbons (Fsp3) is 0.400. The Labute approximate surface area is 108 Å². The number of hydrogen-bond acceptors (Lipinski definition) is 2. The van der Waals surface area contributed by atoms with Crippen molar-refractivity contribution in [2.45, 2.75) is 33.6 Å². The molecule has 1 heterocycles. The molecular weight excluding hydrogens is 224 g/mol. The van der Waals surface area contributed by atoms with Gasteiger partial charge in [-0.1, -0.05) is 29.3 Å². The number of hydrogen-bond donors (Lipinski definition) is 2. The molecule has 2 aromatic rings. The third-order valence-corrected chi connectivity index (χ3v) is 3.04. The molecule has 0 aliphatic heterocycles. The van der Waals surface area contributed by atoms with Gasteiger partial charge in [0.25, 0.3) is 0 Å². The van der Waals surface area contributed by atoms with Gasteiger partial charge in [0.2, 0.25) is 0 Å². The molecule has 0 saturated carbocycles. The van der Waals surface area contributed by atoms with Crippen LogP contribution >= 0.6 is 0 Å². The second-order valence-corrected chi connectivity index (χ2v) is 4.90. The molecule has 18 heavy (non-hydrogen) atoms. The highest BCUT2D eigenvalue weighted by Crippen LogP contribution is 2.15. The van der Waals surface area contributed by atoms with E-state index >= 15 is 0 Å². The van der Waals surface area contributed by atoms with Crippen molar-refractivity contribution >= 4 is 0 Å². The highest BCUT2D eigenvalue weighted by molar-refractivity contribution is 5.32. The van der Waals surface area contributed by atoms with Crippen LogP contribution in [0.3, 0.4) is 0 Å². The molecule has 1 aromatic heterocycles. The molecule has 0 fully saturated rings. The summed E-state index contributed by atoms with van der Waals surface area (Å²) in [6.45, 7) is 6.40. The van der Waals surface area contributed by atoms with Gasteiger partial charge in [-0.25, -0.2) is 4.98 Å². The average Bonchev–Trinajstić information content (AvgIpc) is 2.58. The Kier molecular flexibility index (Phi) is 3.82. The zero-order valence-electron chi connectivity index (χ0n) is 11.2. The number of rotatable bonds is 4. The fourth-order valence-corrected chi connectivity index (χ4v) is 2.32. The molecule has 3 heteroatoms. The lowest BCUT2D eigenvalue weighted by molar-refractivity contribution is 0.297. The second kappa shape index (κ2) is 5.36. The van der Waals surface area contributed by atoms with Crippen molar-refractivity contribution in [2.75, 3.05) is 6.61 Å². The first kappa shape index (κ1) is 12.8. The number of aliphatic hydroxyl groups is 1. The van der Waals surface area contributed by atoms with Crippen molar-refractivity contribution < 1.29 is 5.11 Å². The van der Waals surface area contributed by atoms with E-state index in [1.807, 2.05) is 6.92 Å². The highest BCUT2D eigenvalue weighted by Gasteiger charge is 2.07. The molecule has 0 unspecified atom stereocenters. The second-order valence-electron chi connectivity index (χ2n) is 4.90. The topological polar surface area (TPSA) is 48.9 Å². The quantitative estimate of drug-likeness (QED) is 0.868. The molecule has 0 aliphatic carbocycles. The molecule has 0 spiro atoms. The van der Waals surface area contributed by atoms with E-state index in [-0.39, 0.29) is 6.61 Å². The van der Waals surface area contributed by atoms with Crippen LogP contribution in [0.25, 0.3) is 0 Å². The molecule has 2 rings (SSSR count). The Hall–Kier alpha value is -1.61. The summed E-state index contributed by atoms with van der Waals surface area (Å²) in [7, 11) is 0. The summed E-state index contributed by atoms with van der Waals surface area (Å²) >= 11 is 0. The van der Waals surface area contributed by atoms with Crippen LogP contribution in [0, 0.1) is 20.8 Å². The van der Waals surface area contributed by atoms with Crippen molar-refractivity contribution in [3.63, 3.8) is 0 Å². The van der Waals surface area contributed by atoms with E-state index in [1.54, 1.807) is 0 Å². The monoisotopic (exact) mass is 244 g/mol. The third-order valence-electron chi connectivity index (χ3n) is 3.04. The van der Waals surface area contributed by atoms with Gasteiger partial charge in [0, 0.05) is 18.5 Å².